The number of hydrogen-bond donors (Lipinski definition) is 0. The monoisotopic (exact) mass is 376 g/mol. The number of anilines is 1. The van der Waals surface area contributed by atoms with Gasteiger partial charge in [-0.15, -0.1) is 0 Å². The maximum Gasteiger partial charge on any atom is 0.225 e. The molecule has 1 saturated heterocycles. The topological polar surface area (TPSA) is 75.6 Å². The van der Waals surface area contributed by atoms with Gasteiger partial charge in [0.15, 0.2) is 0 Å². The Hall–Kier alpha value is -2.19. The van der Waals surface area contributed by atoms with Gasteiger partial charge in [0.1, 0.15) is 5.75 Å². The van der Waals surface area contributed by atoms with Gasteiger partial charge >= 0.3 is 0 Å². The molecule has 0 unspecified atom stereocenters. The van der Waals surface area contributed by atoms with Crippen molar-refractivity contribution in [3.63, 3.8) is 0 Å². The molecular weight excluding hydrogens is 352 g/mol. The molecule has 0 spiro atoms. The Morgan fingerprint density at radius 2 is 2.08 bits per heavy atom. The summed E-state index contributed by atoms with van der Waals surface area (Å²) in [4.78, 5) is 11.0. The Labute approximate surface area is 154 Å². The van der Waals surface area contributed by atoms with E-state index in [-0.39, 0.29) is 6.04 Å². The molecule has 0 radical (unpaired) electrons. The van der Waals surface area contributed by atoms with Crippen LogP contribution in [0, 0.1) is 0 Å². The Kier molecular flexibility index (Phi) is 5.15. The summed E-state index contributed by atoms with van der Waals surface area (Å²) in [5.41, 5.74) is 2.47. The van der Waals surface area contributed by atoms with Crippen molar-refractivity contribution >= 4 is 16.0 Å². The molecule has 26 heavy (non-hydrogen) atoms. The molecule has 3 rings (SSSR count). The van der Waals surface area contributed by atoms with E-state index < -0.39 is 10.0 Å². The number of nitrogens with zero attached hydrogens (tertiary/aromatic N) is 4. The van der Waals surface area contributed by atoms with E-state index in [0.717, 1.165) is 35.4 Å². The second-order valence-electron chi connectivity index (χ2n) is 6.63. The molecule has 1 aliphatic heterocycles. The maximum absolute atomic E-state index is 12.2. The molecule has 0 N–H and O–H groups in total. The highest BCUT2D eigenvalue weighted by molar-refractivity contribution is 7.88. The minimum absolute atomic E-state index is 0.284. The Morgan fingerprint density at radius 1 is 1.31 bits per heavy atom. The largest absolute Gasteiger partial charge is 0.497 e. The van der Waals surface area contributed by atoms with E-state index in [0.29, 0.717) is 12.5 Å². The third-order valence-corrected chi connectivity index (χ3v) is 5.82. The van der Waals surface area contributed by atoms with E-state index in [1.165, 1.54) is 6.26 Å². The molecule has 1 fully saturated rings. The molecule has 1 aromatic heterocycles. The molecule has 0 aliphatic carbocycles. The summed E-state index contributed by atoms with van der Waals surface area (Å²) >= 11 is 0. The summed E-state index contributed by atoms with van der Waals surface area (Å²) in [6, 6.07) is 7.36. The molecule has 7 nitrogen and oxygen atoms in total. The van der Waals surface area contributed by atoms with Crippen LogP contribution in [0.15, 0.2) is 30.5 Å². The minimum Gasteiger partial charge on any atom is -0.497 e. The van der Waals surface area contributed by atoms with Gasteiger partial charge in [0, 0.05) is 32.4 Å². The smallest absolute Gasteiger partial charge is 0.225 e. The summed E-state index contributed by atoms with van der Waals surface area (Å²) in [6.45, 7) is 0.516. The van der Waals surface area contributed by atoms with Crippen LogP contribution in [0.3, 0.4) is 0 Å². The van der Waals surface area contributed by atoms with Gasteiger partial charge in [-0.05, 0) is 30.5 Å². The highest BCUT2D eigenvalue weighted by Gasteiger charge is 2.35. The van der Waals surface area contributed by atoms with Gasteiger partial charge < -0.3 is 9.64 Å². The van der Waals surface area contributed by atoms with Crippen LogP contribution in [0.1, 0.15) is 24.6 Å². The van der Waals surface area contributed by atoms with Gasteiger partial charge in [0.05, 0.1) is 25.1 Å². The fourth-order valence-electron chi connectivity index (χ4n) is 3.28. The number of methoxy groups -OCH3 is 1. The first-order valence-electron chi connectivity index (χ1n) is 8.46. The van der Waals surface area contributed by atoms with Crippen LogP contribution in [0.2, 0.25) is 0 Å². The third kappa shape index (κ3) is 3.66. The molecule has 0 bridgehead atoms. The quantitative estimate of drug-likeness (QED) is 0.797. The van der Waals surface area contributed by atoms with Crippen LogP contribution in [-0.4, -0.2) is 56.7 Å². The van der Waals surface area contributed by atoms with Gasteiger partial charge in [-0.25, -0.2) is 18.4 Å². The Morgan fingerprint density at radius 3 is 2.73 bits per heavy atom. The van der Waals surface area contributed by atoms with Gasteiger partial charge in [0.2, 0.25) is 16.0 Å². The number of hydrogen-bond acceptors (Lipinski definition) is 6. The molecule has 140 valence electrons. The Balaban J connectivity index is 2.16. The summed E-state index contributed by atoms with van der Waals surface area (Å²) < 4.78 is 31.3. The van der Waals surface area contributed by atoms with Crippen LogP contribution in [-0.2, 0) is 10.0 Å². The second kappa shape index (κ2) is 7.20. The highest BCUT2D eigenvalue weighted by Crippen LogP contribution is 2.38. The summed E-state index contributed by atoms with van der Waals surface area (Å²) in [5.74, 6) is 1.29. The number of rotatable bonds is 5. The van der Waals surface area contributed by atoms with Gasteiger partial charge in [0.25, 0.3) is 0 Å². The van der Waals surface area contributed by atoms with Crippen LogP contribution < -0.4 is 9.64 Å². The first-order valence-corrected chi connectivity index (χ1v) is 10.3. The molecular formula is C18H24N4O3S. The molecule has 1 aromatic carbocycles. The lowest BCUT2D eigenvalue weighted by Gasteiger charge is -2.25. The van der Waals surface area contributed by atoms with Crippen molar-refractivity contribution in [2.75, 3.05) is 38.9 Å². The lowest BCUT2D eigenvalue weighted by Crippen LogP contribution is -2.30. The maximum atomic E-state index is 12.2. The molecule has 8 heteroatoms. The van der Waals surface area contributed by atoms with Gasteiger partial charge in [-0.1, -0.05) is 12.1 Å². The Bertz CT molecular complexity index is 899. The fourth-order valence-corrected chi connectivity index (χ4v) is 4.41. The van der Waals surface area contributed by atoms with E-state index >= 15 is 0 Å². The van der Waals surface area contributed by atoms with Crippen molar-refractivity contribution in [3.05, 3.63) is 36.2 Å². The minimum atomic E-state index is -3.31. The van der Waals surface area contributed by atoms with E-state index in [4.69, 9.17) is 9.72 Å². The van der Waals surface area contributed by atoms with Crippen LogP contribution in [0.5, 0.6) is 5.75 Å². The third-order valence-electron chi connectivity index (χ3n) is 4.53. The summed E-state index contributed by atoms with van der Waals surface area (Å²) in [6.07, 6.45) is 4.58. The normalized spacial score (nSPS) is 18.1. The molecule has 1 aliphatic rings. The first-order chi connectivity index (χ1) is 12.3. The lowest BCUT2D eigenvalue weighted by atomic mass is 10.00. The van der Waals surface area contributed by atoms with E-state index in [1.807, 2.05) is 43.3 Å². The summed E-state index contributed by atoms with van der Waals surface area (Å²) in [7, 11) is 2.05. The zero-order valence-electron chi connectivity index (χ0n) is 15.5. The average molecular weight is 376 g/mol. The van der Waals surface area contributed by atoms with Gasteiger partial charge in [-0.2, -0.15) is 4.31 Å². The van der Waals surface area contributed by atoms with Crippen molar-refractivity contribution in [2.45, 2.75) is 18.9 Å². The molecule has 2 heterocycles. The molecule has 0 amide bonds. The fraction of sp³-hybridized carbons (Fsp3) is 0.444. The number of ether oxygens (including phenoxy) is 1. The van der Waals surface area contributed by atoms with Crippen molar-refractivity contribution in [2.24, 2.45) is 0 Å². The summed E-state index contributed by atoms with van der Waals surface area (Å²) in [5, 5.41) is 0. The van der Waals surface area contributed by atoms with E-state index in [1.54, 1.807) is 17.6 Å². The standard InChI is InChI=1S/C18H24N4O3S/c1-21(2)18-19-12-15(13-7-5-8-14(11-13)25-3)17(20-18)16-9-6-10-22(16)26(4,23)24/h5,7-8,11-12,16H,6,9-10H2,1-4H3/t16-/m0/s1. The predicted molar refractivity (Wildman–Crippen MR) is 102 cm³/mol. The lowest BCUT2D eigenvalue weighted by molar-refractivity contribution is 0.394. The van der Waals surface area contributed by atoms with Crippen LogP contribution in [0.25, 0.3) is 11.1 Å². The van der Waals surface area contributed by atoms with Crippen molar-refractivity contribution in [3.8, 4) is 16.9 Å². The first kappa shape index (κ1) is 18.6. The number of benzene rings is 1. The van der Waals surface area contributed by atoms with E-state index in [2.05, 4.69) is 4.98 Å². The zero-order valence-corrected chi connectivity index (χ0v) is 16.3. The van der Waals surface area contributed by atoms with Crippen molar-refractivity contribution in [1.82, 2.24) is 14.3 Å². The SMILES string of the molecule is COc1cccc(-c2cnc(N(C)C)nc2[C@@H]2CCCN2S(C)(=O)=O)c1. The van der Waals surface area contributed by atoms with Gasteiger partial charge in [-0.3, -0.25) is 0 Å². The molecule has 0 saturated carbocycles. The predicted octanol–water partition coefficient (Wildman–Crippen LogP) is 2.31. The average Bonchev–Trinajstić information content (AvgIpc) is 3.11. The molecule has 1 atom stereocenters. The van der Waals surface area contributed by atoms with Crippen LogP contribution >= 0.6 is 0 Å². The van der Waals surface area contributed by atoms with E-state index in [9.17, 15) is 8.42 Å². The zero-order chi connectivity index (χ0) is 18.9. The number of aromatic nitrogens is 2. The highest BCUT2D eigenvalue weighted by atomic mass is 32.2. The van der Waals surface area contributed by atoms with Crippen LogP contribution in [0.4, 0.5) is 5.95 Å². The van der Waals surface area contributed by atoms with Crippen molar-refractivity contribution < 1.29 is 13.2 Å². The molecule has 2 aromatic rings. The number of sulfonamides is 1. The van der Waals surface area contributed by atoms with Crippen molar-refractivity contribution in [1.29, 1.82) is 0 Å². The second-order valence-corrected chi connectivity index (χ2v) is 8.56.